The van der Waals surface area contributed by atoms with E-state index in [9.17, 15) is 19.2 Å². The average molecular weight is 379 g/mol. The van der Waals surface area contributed by atoms with E-state index in [0.29, 0.717) is 11.4 Å². The standard InChI is InChI=1S/C19H17N5O4/c1-13-11-15(25)18(22-24(13)14-7-3-2-4-8-14)19(28)21-20-16(26)12-23-10-6-5-9-17(23)27/h2-11H,12H2,1H3,(H,20,26)(H,21,28). The van der Waals surface area contributed by atoms with Crippen LogP contribution in [0.2, 0.25) is 0 Å². The molecule has 0 aliphatic carbocycles. The fourth-order valence-corrected chi connectivity index (χ4v) is 2.51. The summed E-state index contributed by atoms with van der Waals surface area (Å²) in [4.78, 5) is 48.0. The van der Waals surface area contributed by atoms with E-state index in [4.69, 9.17) is 0 Å². The summed E-state index contributed by atoms with van der Waals surface area (Å²) in [5, 5.41) is 4.10. The summed E-state index contributed by atoms with van der Waals surface area (Å²) in [6.07, 6.45) is 1.45. The quantitative estimate of drug-likeness (QED) is 0.627. The summed E-state index contributed by atoms with van der Waals surface area (Å²) in [7, 11) is 0. The number of carbonyl (C=O) groups is 2. The number of aryl methyl sites for hydroxylation is 1. The van der Waals surface area contributed by atoms with Crippen LogP contribution < -0.4 is 21.8 Å². The zero-order chi connectivity index (χ0) is 20.1. The molecule has 0 bridgehead atoms. The highest BCUT2D eigenvalue weighted by atomic mass is 16.2. The Morgan fingerprint density at radius 2 is 1.71 bits per heavy atom. The third-order valence-corrected chi connectivity index (χ3v) is 3.85. The van der Waals surface area contributed by atoms with Crippen LogP contribution in [0.5, 0.6) is 0 Å². The Balaban J connectivity index is 1.74. The number of aromatic nitrogens is 3. The minimum atomic E-state index is -0.858. The van der Waals surface area contributed by atoms with Crippen molar-refractivity contribution in [3.63, 3.8) is 0 Å². The van der Waals surface area contributed by atoms with E-state index in [0.717, 1.165) is 0 Å². The molecule has 28 heavy (non-hydrogen) atoms. The van der Waals surface area contributed by atoms with E-state index in [2.05, 4.69) is 16.0 Å². The second-order valence-corrected chi connectivity index (χ2v) is 5.92. The summed E-state index contributed by atoms with van der Waals surface area (Å²) < 4.78 is 2.63. The third kappa shape index (κ3) is 4.21. The summed E-state index contributed by atoms with van der Waals surface area (Å²) in [6.45, 7) is 1.41. The molecule has 1 aromatic carbocycles. The van der Waals surface area contributed by atoms with Crippen molar-refractivity contribution in [2.75, 3.05) is 0 Å². The summed E-state index contributed by atoms with van der Waals surface area (Å²) in [5.41, 5.74) is 4.26. The molecule has 2 N–H and O–H groups in total. The van der Waals surface area contributed by atoms with Gasteiger partial charge in [-0.05, 0) is 25.1 Å². The predicted molar refractivity (Wildman–Crippen MR) is 101 cm³/mol. The van der Waals surface area contributed by atoms with Crippen molar-refractivity contribution in [2.45, 2.75) is 13.5 Å². The van der Waals surface area contributed by atoms with E-state index in [-0.39, 0.29) is 17.8 Å². The molecule has 9 nitrogen and oxygen atoms in total. The first-order valence-electron chi connectivity index (χ1n) is 8.37. The fourth-order valence-electron chi connectivity index (χ4n) is 2.51. The number of para-hydroxylation sites is 1. The lowest BCUT2D eigenvalue weighted by Gasteiger charge is -2.12. The number of carbonyl (C=O) groups excluding carboxylic acids is 2. The molecule has 2 aromatic heterocycles. The van der Waals surface area contributed by atoms with Gasteiger partial charge < -0.3 is 4.57 Å². The summed E-state index contributed by atoms with van der Waals surface area (Å²) in [5.74, 6) is -1.49. The number of rotatable bonds is 4. The van der Waals surface area contributed by atoms with Crippen LogP contribution in [0.15, 0.2) is 70.4 Å². The van der Waals surface area contributed by atoms with Crippen LogP contribution in [0.1, 0.15) is 16.2 Å². The van der Waals surface area contributed by atoms with Gasteiger partial charge in [-0.15, -0.1) is 0 Å². The van der Waals surface area contributed by atoms with Crippen molar-refractivity contribution < 1.29 is 9.59 Å². The number of amides is 2. The fraction of sp³-hybridized carbons (Fsp3) is 0.105. The molecular weight excluding hydrogens is 362 g/mol. The van der Waals surface area contributed by atoms with Gasteiger partial charge in [0.1, 0.15) is 6.54 Å². The predicted octanol–water partition coefficient (Wildman–Crippen LogP) is 0.164. The molecule has 3 aromatic rings. The molecule has 0 spiro atoms. The number of nitrogens with zero attached hydrogens (tertiary/aromatic N) is 3. The SMILES string of the molecule is Cc1cc(=O)c(C(=O)NNC(=O)Cn2ccccc2=O)nn1-c1ccccc1. The van der Waals surface area contributed by atoms with Crippen molar-refractivity contribution in [3.05, 3.63) is 92.8 Å². The molecule has 2 amide bonds. The van der Waals surface area contributed by atoms with Gasteiger partial charge in [-0.25, -0.2) is 4.68 Å². The smallest absolute Gasteiger partial charge is 0.294 e. The average Bonchev–Trinajstić information content (AvgIpc) is 2.69. The Bertz CT molecular complexity index is 1130. The maximum atomic E-state index is 12.3. The van der Waals surface area contributed by atoms with Crippen LogP contribution in [-0.2, 0) is 11.3 Å². The van der Waals surface area contributed by atoms with Gasteiger partial charge in [0.25, 0.3) is 17.4 Å². The molecule has 3 rings (SSSR count). The highest BCUT2D eigenvalue weighted by Crippen LogP contribution is 2.07. The highest BCUT2D eigenvalue weighted by Gasteiger charge is 2.16. The number of benzene rings is 1. The summed E-state index contributed by atoms with van der Waals surface area (Å²) in [6, 6.07) is 14.8. The van der Waals surface area contributed by atoms with Gasteiger partial charge >= 0.3 is 0 Å². The Labute approximate surface area is 159 Å². The molecular formula is C19H17N5O4. The van der Waals surface area contributed by atoms with Gasteiger partial charge in [0.15, 0.2) is 5.69 Å². The van der Waals surface area contributed by atoms with E-state index < -0.39 is 17.2 Å². The van der Waals surface area contributed by atoms with Crippen LogP contribution in [0.3, 0.4) is 0 Å². The maximum absolute atomic E-state index is 12.3. The molecule has 9 heteroatoms. The van der Waals surface area contributed by atoms with Crippen molar-refractivity contribution >= 4 is 11.8 Å². The number of hydrogen-bond donors (Lipinski definition) is 2. The van der Waals surface area contributed by atoms with Crippen LogP contribution in [0.4, 0.5) is 0 Å². The van der Waals surface area contributed by atoms with E-state index in [1.165, 1.54) is 27.6 Å². The topological polar surface area (TPSA) is 115 Å². The minimum absolute atomic E-state index is 0.282. The van der Waals surface area contributed by atoms with Gasteiger partial charge in [-0.3, -0.25) is 30.0 Å². The zero-order valence-electron chi connectivity index (χ0n) is 15.0. The molecule has 2 heterocycles. The Hall–Kier alpha value is -4.01. The third-order valence-electron chi connectivity index (χ3n) is 3.85. The van der Waals surface area contributed by atoms with Crippen LogP contribution in [0.25, 0.3) is 5.69 Å². The highest BCUT2D eigenvalue weighted by molar-refractivity contribution is 5.93. The molecule has 0 atom stereocenters. The monoisotopic (exact) mass is 379 g/mol. The number of hydrazine groups is 1. The van der Waals surface area contributed by atoms with E-state index >= 15 is 0 Å². The lowest BCUT2D eigenvalue weighted by molar-refractivity contribution is -0.122. The molecule has 0 aliphatic rings. The summed E-state index contributed by atoms with van der Waals surface area (Å²) >= 11 is 0. The van der Waals surface area contributed by atoms with Crippen LogP contribution in [0, 0.1) is 6.92 Å². The lowest BCUT2D eigenvalue weighted by Crippen LogP contribution is -2.46. The van der Waals surface area contributed by atoms with Gasteiger partial charge in [0.2, 0.25) is 5.43 Å². The molecule has 0 fully saturated rings. The van der Waals surface area contributed by atoms with Crippen molar-refractivity contribution in [1.82, 2.24) is 25.2 Å². The second kappa shape index (κ2) is 8.12. The second-order valence-electron chi connectivity index (χ2n) is 5.92. The largest absolute Gasteiger partial charge is 0.306 e. The normalized spacial score (nSPS) is 10.3. The number of nitrogens with one attached hydrogen (secondary N) is 2. The van der Waals surface area contributed by atoms with E-state index in [1.807, 2.05) is 6.07 Å². The van der Waals surface area contributed by atoms with Gasteiger partial charge in [-0.2, -0.15) is 5.10 Å². The van der Waals surface area contributed by atoms with Crippen molar-refractivity contribution in [1.29, 1.82) is 0 Å². The Kier molecular flexibility index (Phi) is 5.45. The number of hydrogen-bond acceptors (Lipinski definition) is 5. The first-order valence-corrected chi connectivity index (χ1v) is 8.37. The number of pyridine rings is 1. The van der Waals surface area contributed by atoms with Crippen molar-refractivity contribution in [2.24, 2.45) is 0 Å². The molecule has 0 radical (unpaired) electrons. The minimum Gasteiger partial charge on any atom is -0.306 e. The van der Waals surface area contributed by atoms with Gasteiger partial charge in [0.05, 0.1) is 5.69 Å². The maximum Gasteiger partial charge on any atom is 0.294 e. The van der Waals surface area contributed by atoms with Gasteiger partial charge in [-0.1, -0.05) is 24.3 Å². The molecule has 0 aliphatic heterocycles. The molecule has 0 saturated heterocycles. The molecule has 142 valence electrons. The Morgan fingerprint density at radius 1 is 1.00 bits per heavy atom. The zero-order valence-corrected chi connectivity index (χ0v) is 15.0. The van der Waals surface area contributed by atoms with Crippen molar-refractivity contribution in [3.8, 4) is 5.69 Å². The lowest BCUT2D eigenvalue weighted by atomic mass is 10.3. The van der Waals surface area contributed by atoms with Crippen LogP contribution >= 0.6 is 0 Å². The van der Waals surface area contributed by atoms with Gasteiger partial charge in [0, 0.05) is 24.0 Å². The molecule has 0 unspecified atom stereocenters. The molecule has 0 saturated carbocycles. The van der Waals surface area contributed by atoms with Crippen LogP contribution in [-0.4, -0.2) is 26.2 Å². The Morgan fingerprint density at radius 3 is 2.43 bits per heavy atom. The van der Waals surface area contributed by atoms with E-state index in [1.54, 1.807) is 43.3 Å². The first kappa shape index (κ1) is 18.8. The first-order chi connectivity index (χ1) is 13.5.